The molecule has 0 heterocycles. The highest BCUT2D eigenvalue weighted by atomic mass is 32.2. The molecule has 114 valence electrons. The molecule has 0 radical (unpaired) electrons. The quantitative estimate of drug-likeness (QED) is 0.466. The predicted octanol–water partition coefficient (Wildman–Crippen LogP) is 3.65. The molecule has 0 aromatic heterocycles. The van der Waals surface area contributed by atoms with Crippen LogP contribution in [0.2, 0.25) is 0 Å². The zero-order chi connectivity index (χ0) is 15.6. The van der Waals surface area contributed by atoms with Gasteiger partial charge in [0.15, 0.2) is 0 Å². The molecule has 22 heavy (non-hydrogen) atoms. The van der Waals surface area contributed by atoms with Crippen LogP contribution in [-0.2, 0) is 4.79 Å². The number of hydrogen-bond acceptors (Lipinski definition) is 3. The predicted molar refractivity (Wildman–Crippen MR) is 95.2 cm³/mol. The second-order valence-electron chi connectivity index (χ2n) is 4.68. The summed E-state index contributed by atoms with van der Waals surface area (Å²) in [7, 11) is 1.93. The van der Waals surface area contributed by atoms with E-state index in [1.165, 1.54) is 0 Å². The molecule has 0 bridgehead atoms. The summed E-state index contributed by atoms with van der Waals surface area (Å²) in [4.78, 5) is 13.1. The van der Waals surface area contributed by atoms with Gasteiger partial charge in [-0.3, -0.25) is 4.79 Å². The second kappa shape index (κ2) is 9.07. The second-order valence-corrected chi connectivity index (χ2v) is 5.82. The molecule has 3 nitrogen and oxygen atoms in total. The minimum atomic E-state index is -0.120. The molecular formula is C18H20N2OS. The lowest BCUT2D eigenvalue weighted by atomic mass is 10.2. The number of hydrogen-bond donors (Lipinski definition) is 2. The highest BCUT2D eigenvalue weighted by Gasteiger charge is 2.04. The highest BCUT2D eigenvalue weighted by molar-refractivity contribution is 7.99. The van der Waals surface area contributed by atoms with Crippen molar-refractivity contribution >= 4 is 29.4 Å². The van der Waals surface area contributed by atoms with E-state index < -0.39 is 0 Å². The van der Waals surface area contributed by atoms with Gasteiger partial charge >= 0.3 is 0 Å². The van der Waals surface area contributed by atoms with Crippen LogP contribution in [0.15, 0.2) is 65.6 Å². The highest BCUT2D eigenvalue weighted by Crippen LogP contribution is 2.26. The van der Waals surface area contributed by atoms with Crippen molar-refractivity contribution in [1.29, 1.82) is 0 Å². The monoisotopic (exact) mass is 312 g/mol. The van der Waals surface area contributed by atoms with Crippen LogP contribution in [0, 0.1) is 0 Å². The maximum Gasteiger partial charge on any atom is 0.248 e. The zero-order valence-corrected chi connectivity index (χ0v) is 13.4. The van der Waals surface area contributed by atoms with Gasteiger partial charge in [-0.05, 0) is 30.8 Å². The molecule has 0 spiro atoms. The Bertz CT molecular complexity index is 626. The van der Waals surface area contributed by atoms with Gasteiger partial charge in [0.1, 0.15) is 0 Å². The Morgan fingerprint density at radius 1 is 1.09 bits per heavy atom. The van der Waals surface area contributed by atoms with Crippen molar-refractivity contribution in [2.24, 2.45) is 0 Å². The molecule has 0 atom stereocenters. The van der Waals surface area contributed by atoms with Gasteiger partial charge in [-0.1, -0.05) is 42.5 Å². The minimum absolute atomic E-state index is 0.120. The van der Waals surface area contributed by atoms with E-state index in [9.17, 15) is 4.79 Å². The van der Waals surface area contributed by atoms with Gasteiger partial charge in [0.25, 0.3) is 0 Å². The fourth-order valence-corrected chi connectivity index (χ4v) is 2.84. The summed E-state index contributed by atoms with van der Waals surface area (Å²) in [5, 5.41) is 6.06. The molecule has 0 saturated heterocycles. The van der Waals surface area contributed by atoms with E-state index in [0.717, 1.165) is 28.4 Å². The van der Waals surface area contributed by atoms with E-state index in [-0.39, 0.29) is 5.91 Å². The minimum Gasteiger partial charge on any atom is -0.321 e. The first-order valence-corrected chi connectivity index (χ1v) is 8.18. The molecular weight excluding hydrogens is 292 g/mol. The molecule has 2 rings (SSSR count). The summed E-state index contributed by atoms with van der Waals surface area (Å²) in [5.74, 6) is 0.842. The first-order valence-electron chi connectivity index (χ1n) is 7.20. The van der Waals surface area contributed by atoms with Crippen molar-refractivity contribution in [2.75, 3.05) is 24.7 Å². The molecule has 0 fully saturated rings. The van der Waals surface area contributed by atoms with E-state index in [1.54, 1.807) is 17.8 Å². The number of nitrogens with one attached hydrogen (secondary N) is 2. The Balaban J connectivity index is 1.98. The van der Waals surface area contributed by atoms with Crippen molar-refractivity contribution in [3.63, 3.8) is 0 Å². The Labute approximate surface area is 135 Å². The smallest absolute Gasteiger partial charge is 0.248 e. The van der Waals surface area contributed by atoms with Crippen LogP contribution >= 0.6 is 11.8 Å². The molecule has 4 heteroatoms. The zero-order valence-electron chi connectivity index (χ0n) is 12.6. The van der Waals surface area contributed by atoms with Gasteiger partial charge in [0, 0.05) is 23.3 Å². The number of amides is 1. The number of thioether (sulfide) groups is 1. The number of anilines is 1. The molecule has 0 aliphatic heterocycles. The fourth-order valence-electron chi connectivity index (χ4n) is 1.87. The van der Waals surface area contributed by atoms with E-state index in [1.807, 2.05) is 67.7 Å². The molecule has 0 unspecified atom stereocenters. The van der Waals surface area contributed by atoms with Crippen LogP contribution in [-0.4, -0.2) is 25.3 Å². The maximum atomic E-state index is 12.0. The average molecular weight is 312 g/mol. The van der Waals surface area contributed by atoms with Gasteiger partial charge < -0.3 is 10.6 Å². The van der Waals surface area contributed by atoms with Crippen molar-refractivity contribution in [2.45, 2.75) is 4.90 Å². The van der Waals surface area contributed by atoms with E-state index in [4.69, 9.17) is 0 Å². The van der Waals surface area contributed by atoms with Crippen molar-refractivity contribution in [3.8, 4) is 0 Å². The molecule has 0 aliphatic rings. The first-order chi connectivity index (χ1) is 10.8. The van der Waals surface area contributed by atoms with Crippen molar-refractivity contribution in [3.05, 3.63) is 66.2 Å². The lowest BCUT2D eigenvalue weighted by Crippen LogP contribution is -2.11. The molecule has 1 amide bonds. The Kier molecular flexibility index (Phi) is 6.74. The molecule has 2 aromatic carbocycles. The van der Waals surface area contributed by atoms with Crippen LogP contribution in [0.25, 0.3) is 6.08 Å². The van der Waals surface area contributed by atoms with E-state index in [0.29, 0.717) is 0 Å². The summed E-state index contributed by atoms with van der Waals surface area (Å²) in [6, 6.07) is 17.6. The third kappa shape index (κ3) is 5.39. The summed E-state index contributed by atoms with van der Waals surface area (Å²) < 4.78 is 0. The Hall–Kier alpha value is -2.04. The summed E-state index contributed by atoms with van der Waals surface area (Å²) >= 11 is 1.73. The Morgan fingerprint density at radius 3 is 2.59 bits per heavy atom. The summed E-state index contributed by atoms with van der Waals surface area (Å²) in [5.41, 5.74) is 1.86. The number of para-hydroxylation sites is 1. The lowest BCUT2D eigenvalue weighted by molar-refractivity contribution is -0.111. The third-order valence-corrected chi connectivity index (χ3v) is 4.06. The van der Waals surface area contributed by atoms with Crippen LogP contribution in [0.1, 0.15) is 5.56 Å². The lowest BCUT2D eigenvalue weighted by Gasteiger charge is -2.09. The summed E-state index contributed by atoms with van der Waals surface area (Å²) in [6.45, 7) is 0.931. The SMILES string of the molecule is CNCCSc1ccccc1NC(=O)/C=C/c1ccccc1. The molecule has 2 N–H and O–H groups in total. The van der Waals surface area contributed by atoms with Gasteiger partial charge in [0.05, 0.1) is 5.69 Å². The number of benzene rings is 2. The normalized spacial score (nSPS) is 10.8. The van der Waals surface area contributed by atoms with E-state index in [2.05, 4.69) is 10.6 Å². The third-order valence-electron chi connectivity index (χ3n) is 2.98. The van der Waals surface area contributed by atoms with Gasteiger partial charge in [-0.15, -0.1) is 11.8 Å². The average Bonchev–Trinajstić information content (AvgIpc) is 2.56. The van der Waals surface area contributed by atoms with Crippen LogP contribution in [0.4, 0.5) is 5.69 Å². The number of rotatable bonds is 7. The first kappa shape index (κ1) is 16.3. The molecule has 0 aliphatic carbocycles. The van der Waals surface area contributed by atoms with Gasteiger partial charge in [-0.2, -0.15) is 0 Å². The number of carbonyl (C=O) groups is 1. The van der Waals surface area contributed by atoms with Crippen molar-refractivity contribution < 1.29 is 4.79 Å². The number of carbonyl (C=O) groups excluding carboxylic acids is 1. The summed E-state index contributed by atoms with van der Waals surface area (Å²) in [6.07, 6.45) is 3.37. The standard InChI is InChI=1S/C18H20N2OS/c1-19-13-14-22-17-10-6-5-9-16(17)20-18(21)12-11-15-7-3-2-4-8-15/h2-12,19H,13-14H2,1H3,(H,20,21)/b12-11+. The molecule has 0 saturated carbocycles. The largest absolute Gasteiger partial charge is 0.321 e. The van der Waals surface area contributed by atoms with Crippen LogP contribution in [0.5, 0.6) is 0 Å². The Morgan fingerprint density at radius 2 is 1.82 bits per heavy atom. The van der Waals surface area contributed by atoms with E-state index >= 15 is 0 Å². The van der Waals surface area contributed by atoms with Crippen LogP contribution in [0.3, 0.4) is 0 Å². The van der Waals surface area contributed by atoms with Gasteiger partial charge in [-0.25, -0.2) is 0 Å². The fraction of sp³-hybridized carbons (Fsp3) is 0.167. The van der Waals surface area contributed by atoms with Gasteiger partial charge in [0.2, 0.25) is 5.91 Å². The topological polar surface area (TPSA) is 41.1 Å². The van der Waals surface area contributed by atoms with Crippen molar-refractivity contribution in [1.82, 2.24) is 5.32 Å². The van der Waals surface area contributed by atoms with Crippen LogP contribution < -0.4 is 10.6 Å². The molecule has 2 aromatic rings. The maximum absolute atomic E-state index is 12.0.